The zero-order valence-corrected chi connectivity index (χ0v) is 17.5. The Bertz CT molecular complexity index is 1430. The number of fused-ring (bicyclic) bond motifs is 4. The fourth-order valence-electron chi connectivity index (χ4n) is 4.06. The Labute approximate surface area is 179 Å². The summed E-state index contributed by atoms with van der Waals surface area (Å²) in [5.74, 6) is -0.000811. The largest absolute Gasteiger partial charge is 0.352 e. The van der Waals surface area contributed by atoms with E-state index in [0.29, 0.717) is 25.0 Å². The zero-order chi connectivity index (χ0) is 21.4. The molecule has 5 rings (SSSR count). The van der Waals surface area contributed by atoms with Crippen molar-refractivity contribution in [3.63, 3.8) is 0 Å². The van der Waals surface area contributed by atoms with Gasteiger partial charge in [-0.1, -0.05) is 24.3 Å². The summed E-state index contributed by atoms with van der Waals surface area (Å²) in [5.41, 5.74) is 6.37. The number of carbonyl (C=O) groups excluding carboxylic acids is 1. The molecule has 154 valence electrons. The molecule has 1 amide bonds. The maximum absolute atomic E-state index is 12.6. The predicted molar refractivity (Wildman–Crippen MR) is 120 cm³/mol. The molecule has 0 bridgehead atoms. The van der Waals surface area contributed by atoms with Gasteiger partial charge in [-0.05, 0) is 49.6 Å². The first-order chi connectivity index (χ1) is 15.1. The summed E-state index contributed by atoms with van der Waals surface area (Å²) in [7, 11) is 0. The van der Waals surface area contributed by atoms with Crippen molar-refractivity contribution in [2.75, 3.05) is 0 Å². The van der Waals surface area contributed by atoms with Crippen LogP contribution in [-0.2, 0) is 17.8 Å². The topological polar surface area (TPSA) is 85.1 Å². The van der Waals surface area contributed by atoms with E-state index in [1.54, 1.807) is 12.4 Å². The quantitative estimate of drug-likeness (QED) is 0.478. The van der Waals surface area contributed by atoms with Gasteiger partial charge in [0.1, 0.15) is 0 Å². The monoisotopic (exact) mass is 410 g/mol. The van der Waals surface area contributed by atoms with Crippen LogP contribution in [0.1, 0.15) is 28.9 Å². The number of aromatic nitrogens is 5. The summed E-state index contributed by atoms with van der Waals surface area (Å²) >= 11 is 0. The number of benzene rings is 1. The van der Waals surface area contributed by atoms with Crippen molar-refractivity contribution < 1.29 is 4.79 Å². The molecule has 0 spiro atoms. The van der Waals surface area contributed by atoms with Crippen LogP contribution in [0.3, 0.4) is 0 Å². The SMILES string of the molecule is Cc1nc2c3cccnc3nn2c(C)c1CCC(=O)NCc1cccc2cccnc12. The molecule has 0 fully saturated rings. The Morgan fingerprint density at radius 2 is 1.84 bits per heavy atom. The van der Waals surface area contributed by atoms with Gasteiger partial charge in [0.15, 0.2) is 11.3 Å². The number of amides is 1. The molecule has 7 nitrogen and oxygen atoms in total. The Hall–Kier alpha value is -3.87. The molecular weight excluding hydrogens is 388 g/mol. The number of nitrogens with one attached hydrogen (secondary N) is 1. The minimum Gasteiger partial charge on any atom is -0.352 e. The Morgan fingerprint density at radius 1 is 1.03 bits per heavy atom. The smallest absolute Gasteiger partial charge is 0.220 e. The minimum atomic E-state index is -0.000811. The molecule has 0 unspecified atom stereocenters. The van der Waals surface area contributed by atoms with Crippen LogP contribution in [0.5, 0.6) is 0 Å². The van der Waals surface area contributed by atoms with Gasteiger partial charge in [0.25, 0.3) is 0 Å². The lowest BCUT2D eigenvalue weighted by Crippen LogP contribution is -2.23. The van der Waals surface area contributed by atoms with Gasteiger partial charge in [-0.15, -0.1) is 5.10 Å². The normalized spacial score (nSPS) is 11.4. The molecule has 1 N–H and O–H groups in total. The molecule has 0 atom stereocenters. The van der Waals surface area contributed by atoms with Gasteiger partial charge in [0.2, 0.25) is 5.91 Å². The number of aryl methyl sites for hydroxylation is 2. The third-order valence-electron chi connectivity index (χ3n) is 5.68. The summed E-state index contributed by atoms with van der Waals surface area (Å²) < 4.78 is 1.83. The molecule has 4 heterocycles. The van der Waals surface area contributed by atoms with E-state index >= 15 is 0 Å². The number of pyridine rings is 2. The van der Waals surface area contributed by atoms with E-state index in [-0.39, 0.29) is 5.91 Å². The fourth-order valence-corrected chi connectivity index (χ4v) is 4.06. The van der Waals surface area contributed by atoms with Gasteiger partial charge in [0, 0.05) is 42.1 Å². The number of carbonyl (C=O) groups is 1. The zero-order valence-electron chi connectivity index (χ0n) is 17.5. The van der Waals surface area contributed by atoms with Gasteiger partial charge in [-0.25, -0.2) is 14.5 Å². The van der Waals surface area contributed by atoms with Gasteiger partial charge >= 0.3 is 0 Å². The summed E-state index contributed by atoms with van der Waals surface area (Å²) in [5, 5.41) is 9.61. The molecular formula is C24H22N6O. The van der Waals surface area contributed by atoms with Gasteiger partial charge in [0.05, 0.1) is 10.9 Å². The van der Waals surface area contributed by atoms with Crippen molar-refractivity contribution in [1.82, 2.24) is 29.9 Å². The van der Waals surface area contributed by atoms with Crippen molar-refractivity contribution >= 4 is 33.5 Å². The maximum Gasteiger partial charge on any atom is 0.220 e. The van der Waals surface area contributed by atoms with Crippen LogP contribution in [-0.4, -0.2) is 30.5 Å². The van der Waals surface area contributed by atoms with Crippen LogP contribution in [0.4, 0.5) is 0 Å². The maximum atomic E-state index is 12.6. The van der Waals surface area contributed by atoms with Gasteiger partial charge in [-0.3, -0.25) is 9.78 Å². The van der Waals surface area contributed by atoms with E-state index in [2.05, 4.69) is 20.4 Å². The van der Waals surface area contributed by atoms with Crippen LogP contribution in [0, 0.1) is 13.8 Å². The molecule has 4 aromatic heterocycles. The van der Waals surface area contributed by atoms with Crippen LogP contribution in [0.15, 0.2) is 54.9 Å². The first-order valence-corrected chi connectivity index (χ1v) is 10.3. The second-order valence-corrected chi connectivity index (χ2v) is 7.64. The van der Waals surface area contributed by atoms with E-state index in [4.69, 9.17) is 4.98 Å². The number of para-hydroxylation sites is 1. The average Bonchev–Trinajstić information content (AvgIpc) is 3.16. The molecule has 0 aliphatic rings. The van der Waals surface area contributed by atoms with E-state index < -0.39 is 0 Å². The highest BCUT2D eigenvalue weighted by Crippen LogP contribution is 2.22. The van der Waals surface area contributed by atoms with E-state index in [9.17, 15) is 4.79 Å². The Balaban J connectivity index is 1.32. The van der Waals surface area contributed by atoms with Crippen LogP contribution >= 0.6 is 0 Å². The number of hydrogen-bond acceptors (Lipinski definition) is 5. The molecule has 5 aromatic rings. The van der Waals surface area contributed by atoms with E-state index in [1.165, 1.54) is 0 Å². The summed E-state index contributed by atoms with van der Waals surface area (Å²) in [6.45, 7) is 4.46. The first-order valence-electron chi connectivity index (χ1n) is 10.3. The molecule has 0 aliphatic carbocycles. The van der Waals surface area contributed by atoms with E-state index in [0.717, 1.165) is 44.5 Å². The van der Waals surface area contributed by atoms with Crippen molar-refractivity contribution in [3.8, 4) is 0 Å². The highest BCUT2D eigenvalue weighted by atomic mass is 16.1. The van der Waals surface area contributed by atoms with Crippen molar-refractivity contribution in [3.05, 3.63) is 77.4 Å². The Morgan fingerprint density at radius 3 is 2.74 bits per heavy atom. The first kappa shape index (κ1) is 19.1. The van der Waals surface area contributed by atoms with Crippen molar-refractivity contribution in [2.24, 2.45) is 0 Å². The number of rotatable bonds is 5. The third-order valence-corrected chi connectivity index (χ3v) is 5.68. The number of hydrogen-bond donors (Lipinski definition) is 1. The molecule has 0 saturated carbocycles. The molecule has 31 heavy (non-hydrogen) atoms. The molecule has 0 aliphatic heterocycles. The predicted octanol–water partition coefficient (Wildman–Crippen LogP) is 3.69. The number of nitrogens with zero attached hydrogens (tertiary/aromatic N) is 5. The average molecular weight is 410 g/mol. The van der Waals surface area contributed by atoms with Crippen LogP contribution in [0.25, 0.3) is 27.6 Å². The second-order valence-electron chi connectivity index (χ2n) is 7.64. The molecule has 0 saturated heterocycles. The van der Waals surface area contributed by atoms with Crippen LogP contribution < -0.4 is 5.32 Å². The summed E-state index contributed by atoms with van der Waals surface area (Å²) in [6.07, 6.45) is 4.49. The van der Waals surface area contributed by atoms with Crippen molar-refractivity contribution in [2.45, 2.75) is 33.2 Å². The highest BCUT2D eigenvalue weighted by Gasteiger charge is 2.15. The lowest BCUT2D eigenvalue weighted by molar-refractivity contribution is -0.121. The minimum absolute atomic E-state index is 0.000811. The molecule has 0 radical (unpaired) electrons. The van der Waals surface area contributed by atoms with Crippen LogP contribution in [0.2, 0.25) is 0 Å². The fraction of sp³-hybridized carbons (Fsp3) is 0.208. The second kappa shape index (κ2) is 7.75. The lowest BCUT2D eigenvalue weighted by Gasteiger charge is -2.11. The third kappa shape index (κ3) is 3.48. The Kier molecular flexibility index (Phi) is 4.78. The molecule has 7 heteroatoms. The van der Waals surface area contributed by atoms with Gasteiger partial charge < -0.3 is 5.32 Å². The van der Waals surface area contributed by atoms with E-state index in [1.807, 2.05) is 60.8 Å². The standard InChI is InChI=1S/C24H22N6O/c1-15-19(16(2)30-24(28-15)20-9-5-13-26-23(20)29-30)10-11-21(31)27-14-18-7-3-6-17-8-4-12-25-22(17)18/h3-9,12-13H,10-11,14H2,1-2H3,(H,27,31). The molecule has 1 aromatic carbocycles. The van der Waals surface area contributed by atoms with Gasteiger partial charge in [-0.2, -0.15) is 0 Å². The lowest BCUT2D eigenvalue weighted by atomic mass is 10.1. The summed E-state index contributed by atoms with van der Waals surface area (Å²) in [6, 6.07) is 13.8. The van der Waals surface area contributed by atoms with Crippen molar-refractivity contribution in [1.29, 1.82) is 0 Å². The summed E-state index contributed by atoms with van der Waals surface area (Å²) in [4.78, 5) is 26.1. The highest BCUT2D eigenvalue weighted by molar-refractivity contribution is 5.89.